The lowest BCUT2D eigenvalue weighted by Crippen LogP contribution is -1.82. The first-order valence-corrected chi connectivity index (χ1v) is 1.42. The van der Waals surface area contributed by atoms with Crippen LogP contribution in [-0.4, -0.2) is 11.9 Å². The molecule has 0 aromatic rings. The maximum absolute atomic E-state index is 7.81. The summed E-state index contributed by atoms with van der Waals surface area (Å²) in [5.41, 5.74) is 0. The van der Waals surface area contributed by atoms with E-state index < -0.39 is 0 Å². The van der Waals surface area contributed by atoms with E-state index in [1.165, 1.54) is 6.61 Å². The summed E-state index contributed by atoms with van der Waals surface area (Å²) in [7, 11) is 0. The van der Waals surface area contributed by atoms with Crippen LogP contribution in [0.1, 0.15) is 6.92 Å². The molecule has 1 N–H and O–H groups in total. The molecule has 2 nitrogen and oxygen atoms in total. The number of hydrogen-bond acceptors (Lipinski definition) is 2. The van der Waals surface area contributed by atoms with Crippen LogP contribution in [0.2, 0.25) is 0 Å². The molecule has 0 saturated heterocycles. The van der Waals surface area contributed by atoms with Crippen LogP contribution in [0.15, 0.2) is 0 Å². The fourth-order valence-corrected chi connectivity index (χ4v) is 0.0745. The first-order chi connectivity index (χ1) is 2.41. The topological polar surface area (TPSA) is 29.5 Å². The van der Waals surface area contributed by atoms with E-state index in [0.717, 1.165) is 0 Å². The molecule has 31 valence electrons. The third-order valence-corrected chi connectivity index (χ3v) is 0.241. The van der Waals surface area contributed by atoms with Gasteiger partial charge in [-0.05, 0) is 6.92 Å². The summed E-state index contributed by atoms with van der Waals surface area (Å²) >= 11 is 0. The van der Waals surface area contributed by atoms with Crippen molar-refractivity contribution in [1.82, 2.24) is 0 Å². The lowest BCUT2D eigenvalue weighted by Gasteiger charge is -1.84. The van der Waals surface area contributed by atoms with Gasteiger partial charge in [-0.15, -0.1) is 0 Å². The van der Waals surface area contributed by atoms with Crippen molar-refractivity contribution < 1.29 is 9.84 Å². The molecule has 0 unspecified atom stereocenters. The van der Waals surface area contributed by atoms with Gasteiger partial charge in [0, 0.05) is 0 Å². The minimum atomic E-state index is -0.212. The molecule has 0 atom stereocenters. The summed E-state index contributed by atoms with van der Waals surface area (Å²) in [6, 6.07) is 0. The molecule has 0 amide bonds. The maximum atomic E-state index is 7.81. The van der Waals surface area contributed by atoms with Crippen molar-refractivity contribution in [3.05, 3.63) is 6.61 Å². The molecule has 5 heavy (non-hydrogen) atoms. The van der Waals surface area contributed by atoms with Crippen LogP contribution < -0.4 is 0 Å². The molecule has 0 bridgehead atoms. The molecule has 0 heterocycles. The van der Waals surface area contributed by atoms with E-state index in [-0.39, 0.29) is 6.79 Å². The van der Waals surface area contributed by atoms with Gasteiger partial charge in [0.2, 0.25) is 0 Å². The zero-order valence-corrected chi connectivity index (χ0v) is 3.14. The summed E-state index contributed by atoms with van der Waals surface area (Å²) in [6.45, 7) is 2.92. The SMILES string of the molecule is C[CH]OCO. The average Bonchev–Trinajstić information content (AvgIpc) is 1.41. The Balaban J connectivity index is 2.19. The predicted octanol–water partition coefficient (Wildman–Crippen LogP) is 0.134. The van der Waals surface area contributed by atoms with Gasteiger partial charge >= 0.3 is 0 Å². The zero-order valence-electron chi connectivity index (χ0n) is 3.14. The molecular formula is C3H7O2. The summed E-state index contributed by atoms with van der Waals surface area (Å²) < 4.78 is 4.26. The molecule has 0 fully saturated rings. The number of aliphatic hydroxyl groups excluding tert-OH is 1. The summed E-state index contributed by atoms with van der Waals surface area (Å²) in [5.74, 6) is 0. The largest absolute Gasteiger partial charge is 0.371 e. The Morgan fingerprint density at radius 3 is 2.60 bits per heavy atom. The number of ether oxygens (including phenoxy) is 1. The second kappa shape index (κ2) is 3.92. The molecule has 0 saturated carbocycles. The van der Waals surface area contributed by atoms with Crippen molar-refractivity contribution in [3.8, 4) is 0 Å². The van der Waals surface area contributed by atoms with Crippen LogP contribution in [0, 0.1) is 6.61 Å². The third kappa shape index (κ3) is 3.92. The Morgan fingerprint density at radius 1 is 2.00 bits per heavy atom. The lowest BCUT2D eigenvalue weighted by molar-refractivity contribution is 0.0374. The monoisotopic (exact) mass is 75.0 g/mol. The molecule has 0 aromatic heterocycles. The highest BCUT2D eigenvalue weighted by Gasteiger charge is 1.66. The Morgan fingerprint density at radius 2 is 2.60 bits per heavy atom. The van der Waals surface area contributed by atoms with Crippen molar-refractivity contribution in [2.45, 2.75) is 6.92 Å². The first kappa shape index (κ1) is 4.92. The third-order valence-electron chi connectivity index (χ3n) is 0.241. The maximum Gasteiger partial charge on any atom is 0.144 e. The predicted molar refractivity (Wildman–Crippen MR) is 18.1 cm³/mol. The Bertz CT molecular complexity index is 12.4. The van der Waals surface area contributed by atoms with E-state index in [1.807, 2.05) is 0 Å². The molecule has 0 aliphatic heterocycles. The van der Waals surface area contributed by atoms with Gasteiger partial charge in [-0.1, -0.05) is 0 Å². The Labute approximate surface area is 31.4 Å². The van der Waals surface area contributed by atoms with Gasteiger partial charge in [0.15, 0.2) is 0 Å². The van der Waals surface area contributed by atoms with Gasteiger partial charge < -0.3 is 9.84 Å². The van der Waals surface area contributed by atoms with Crippen molar-refractivity contribution in [2.24, 2.45) is 0 Å². The van der Waals surface area contributed by atoms with E-state index >= 15 is 0 Å². The number of rotatable bonds is 2. The van der Waals surface area contributed by atoms with Gasteiger partial charge in [-0.2, -0.15) is 0 Å². The van der Waals surface area contributed by atoms with Gasteiger partial charge in [-0.3, -0.25) is 0 Å². The van der Waals surface area contributed by atoms with E-state index in [9.17, 15) is 0 Å². The molecule has 1 radical (unpaired) electrons. The van der Waals surface area contributed by atoms with Gasteiger partial charge in [0.1, 0.15) is 6.79 Å². The molecule has 0 aliphatic carbocycles. The van der Waals surface area contributed by atoms with Crippen LogP contribution >= 0.6 is 0 Å². The average molecular weight is 75.1 g/mol. The number of hydrogen-bond donors (Lipinski definition) is 1. The quantitative estimate of drug-likeness (QED) is 0.473. The summed E-state index contributed by atoms with van der Waals surface area (Å²) in [4.78, 5) is 0. The Kier molecular flexibility index (Phi) is 3.86. The minimum Gasteiger partial charge on any atom is -0.371 e. The van der Waals surface area contributed by atoms with Crippen LogP contribution in [0.4, 0.5) is 0 Å². The minimum absolute atomic E-state index is 0.212. The highest BCUT2D eigenvalue weighted by Crippen LogP contribution is 1.69. The van der Waals surface area contributed by atoms with E-state index in [2.05, 4.69) is 4.74 Å². The highest BCUT2D eigenvalue weighted by atomic mass is 16.6. The van der Waals surface area contributed by atoms with Crippen molar-refractivity contribution in [3.63, 3.8) is 0 Å². The number of aliphatic hydroxyl groups is 1. The van der Waals surface area contributed by atoms with Gasteiger partial charge in [-0.25, -0.2) is 0 Å². The van der Waals surface area contributed by atoms with E-state index in [0.29, 0.717) is 0 Å². The second-order valence-electron chi connectivity index (χ2n) is 0.531. The molecule has 0 spiro atoms. The van der Waals surface area contributed by atoms with E-state index in [4.69, 9.17) is 5.11 Å². The fourth-order valence-electron chi connectivity index (χ4n) is 0.0745. The Hall–Kier alpha value is -0.0800. The lowest BCUT2D eigenvalue weighted by atomic mass is 10.9. The summed E-state index contributed by atoms with van der Waals surface area (Å²) in [5, 5.41) is 7.81. The summed E-state index contributed by atoms with van der Waals surface area (Å²) in [6.07, 6.45) is 0. The molecule has 0 rings (SSSR count). The van der Waals surface area contributed by atoms with Crippen molar-refractivity contribution in [1.29, 1.82) is 0 Å². The molecule has 0 aromatic carbocycles. The van der Waals surface area contributed by atoms with Crippen LogP contribution in [0.25, 0.3) is 0 Å². The van der Waals surface area contributed by atoms with Crippen molar-refractivity contribution in [2.75, 3.05) is 6.79 Å². The standard InChI is InChI=1S/C3H7O2/c1-2-5-3-4/h2,4H,3H2,1H3. The first-order valence-electron chi connectivity index (χ1n) is 1.42. The normalized spacial score (nSPS) is 8.40. The molecule has 0 aliphatic rings. The second-order valence-corrected chi connectivity index (χ2v) is 0.531. The van der Waals surface area contributed by atoms with Crippen LogP contribution in [0.3, 0.4) is 0 Å². The van der Waals surface area contributed by atoms with Crippen LogP contribution in [-0.2, 0) is 4.74 Å². The van der Waals surface area contributed by atoms with Crippen LogP contribution in [0.5, 0.6) is 0 Å². The van der Waals surface area contributed by atoms with Gasteiger partial charge in [0.25, 0.3) is 0 Å². The van der Waals surface area contributed by atoms with Gasteiger partial charge in [0.05, 0.1) is 6.61 Å². The zero-order chi connectivity index (χ0) is 4.12. The van der Waals surface area contributed by atoms with E-state index in [1.54, 1.807) is 6.92 Å². The fraction of sp³-hybridized carbons (Fsp3) is 0.667. The smallest absolute Gasteiger partial charge is 0.144 e. The van der Waals surface area contributed by atoms with Crippen molar-refractivity contribution >= 4 is 0 Å². The highest BCUT2D eigenvalue weighted by molar-refractivity contribution is 4.25. The molecule has 2 heteroatoms. The molecular weight excluding hydrogens is 68.0 g/mol.